The molecule has 0 aliphatic heterocycles. The van der Waals surface area contributed by atoms with Crippen LogP contribution < -0.4 is 11.3 Å². The van der Waals surface area contributed by atoms with E-state index in [0.29, 0.717) is 6.04 Å². The minimum Gasteiger partial charge on any atom is -0.271 e. The number of nitrogens with one attached hydrogen (secondary N) is 1. The third-order valence-corrected chi connectivity index (χ3v) is 4.47. The Morgan fingerprint density at radius 2 is 2.16 bits per heavy atom. The van der Waals surface area contributed by atoms with Gasteiger partial charge in [-0.25, -0.2) is 0 Å². The van der Waals surface area contributed by atoms with Crippen LogP contribution in [0.5, 0.6) is 0 Å². The zero-order valence-corrected chi connectivity index (χ0v) is 12.4. The van der Waals surface area contributed by atoms with E-state index in [9.17, 15) is 0 Å². The zero-order chi connectivity index (χ0) is 13.7. The van der Waals surface area contributed by atoms with Crippen LogP contribution in [-0.2, 0) is 6.42 Å². The van der Waals surface area contributed by atoms with Crippen LogP contribution in [0.25, 0.3) is 0 Å². The van der Waals surface area contributed by atoms with Crippen molar-refractivity contribution in [2.45, 2.75) is 45.2 Å². The Balaban J connectivity index is 2.06. The summed E-state index contributed by atoms with van der Waals surface area (Å²) in [5, 5.41) is 6.75. The highest BCUT2D eigenvalue weighted by Crippen LogP contribution is 2.22. The zero-order valence-electron chi connectivity index (χ0n) is 11.5. The highest BCUT2D eigenvalue weighted by atomic mass is 32.1. The van der Waals surface area contributed by atoms with Crippen LogP contribution in [0.1, 0.15) is 49.3 Å². The first-order valence-electron chi connectivity index (χ1n) is 6.82. The van der Waals surface area contributed by atoms with Crippen molar-refractivity contribution in [1.82, 2.24) is 15.2 Å². The van der Waals surface area contributed by atoms with E-state index >= 15 is 0 Å². The molecule has 4 nitrogen and oxygen atoms in total. The molecule has 0 radical (unpaired) electrons. The number of thiophene rings is 1. The van der Waals surface area contributed by atoms with E-state index in [-0.39, 0.29) is 6.04 Å². The van der Waals surface area contributed by atoms with E-state index in [0.717, 1.165) is 25.0 Å². The third-order valence-electron chi connectivity index (χ3n) is 3.48. The average molecular weight is 278 g/mol. The van der Waals surface area contributed by atoms with Gasteiger partial charge in [-0.2, -0.15) is 5.10 Å². The Hall–Kier alpha value is -1.17. The van der Waals surface area contributed by atoms with Crippen molar-refractivity contribution in [2.24, 2.45) is 5.84 Å². The van der Waals surface area contributed by atoms with E-state index in [1.54, 1.807) is 11.3 Å². The molecule has 5 heteroatoms. The van der Waals surface area contributed by atoms with Crippen molar-refractivity contribution in [2.75, 3.05) is 0 Å². The molecule has 0 amide bonds. The van der Waals surface area contributed by atoms with Gasteiger partial charge in [0.05, 0.1) is 17.8 Å². The average Bonchev–Trinajstić information content (AvgIpc) is 3.09. The van der Waals surface area contributed by atoms with E-state index in [4.69, 9.17) is 5.84 Å². The Labute approximate surface area is 118 Å². The molecule has 2 heterocycles. The van der Waals surface area contributed by atoms with E-state index in [1.807, 2.05) is 6.07 Å². The fourth-order valence-corrected chi connectivity index (χ4v) is 3.08. The van der Waals surface area contributed by atoms with Crippen molar-refractivity contribution in [3.05, 3.63) is 40.3 Å². The van der Waals surface area contributed by atoms with Crippen LogP contribution in [0, 0.1) is 0 Å². The molecule has 1 unspecified atom stereocenters. The van der Waals surface area contributed by atoms with Crippen LogP contribution in [-0.4, -0.2) is 9.78 Å². The maximum absolute atomic E-state index is 5.65. The second-order valence-corrected chi connectivity index (χ2v) is 5.68. The molecule has 0 spiro atoms. The number of hydrazine groups is 1. The van der Waals surface area contributed by atoms with Gasteiger partial charge >= 0.3 is 0 Å². The molecule has 0 aliphatic carbocycles. The maximum atomic E-state index is 5.65. The fourth-order valence-electron chi connectivity index (χ4n) is 2.29. The molecule has 0 aromatic carbocycles. The minimum absolute atomic E-state index is 0.144. The molecule has 2 aromatic heterocycles. The van der Waals surface area contributed by atoms with Crippen molar-refractivity contribution in [3.8, 4) is 0 Å². The largest absolute Gasteiger partial charge is 0.271 e. The lowest BCUT2D eigenvalue weighted by Gasteiger charge is -2.14. The van der Waals surface area contributed by atoms with Crippen molar-refractivity contribution < 1.29 is 0 Å². The molecule has 2 rings (SSSR count). The quantitative estimate of drug-likeness (QED) is 0.604. The van der Waals surface area contributed by atoms with Crippen molar-refractivity contribution in [3.63, 3.8) is 0 Å². The lowest BCUT2D eigenvalue weighted by Crippen LogP contribution is -2.29. The van der Waals surface area contributed by atoms with E-state index in [2.05, 4.69) is 52.8 Å². The molecule has 0 saturated heterocycles. The third kappa shape index (κ3) is 3.43. The molecule has 0 fully saturated rings. The summed E-state index contributed by atoms with van der Waals surface area (Å²) in [6.07, 6.45) is 5.13. The smallest absolute Gasteiger partial charge is 0.0644 e. The standard InChI is InChI=1S/C14H22N4S/c1-3-12(4-2)18-8-7-11(17-18)10-13(16-15)14-6-5-9-19-14/h5-9,12-13,16H,3-4,10,15H2,1-2H3. The summed E-state index contributed by atoms with van der Waals surface area (Å²) in [4.78, 5) is 1.25. The predicted molar refractivity (Wildman–Crippen MR) is 79.9 cm³/mol. The monoisotopic (exact) mass is 278 g/mol. The first kappa shape index (κ1) is 14.2. The van der Waals surface area contributed by atoms with Gasteiger partial charge in [0, 0.05) is 17.5 Å². The second-order valence-electron chi connectivity index (χ2n) is 4.70. The maximum Gasteiger partial charge on any atom is 0.0644 e. The van der Waals surface area contributed by atoms with Crippen molar-refractivity contribution in [1.29, 1.82) is 0 Å². The first-order valence-corrected chi connectivity index (χ1v) is 7.70. The highest BCUT2D eigenvalue weighted by Gasteiger charge is 2.14. The summed E-state index contributed by atoms with van der Waals surface area (Å²) in [6, 6.07) is 6.89. The molecule has 2 aromatic rings. The summed E-state index contributed by atoms with van der Waals surface area (Å²) < 4.78 is 2.08. The van der Waals surface area contributed by atoms with Gasteiger partial charge in [0.25, 0.3) is 0 Å². The van der Waals surface area contributed by atoms with Gasteiger partial charge < -0.3 is 0 Å². The van der Waals surface area contributed by atoms with Gasteiger partial charge in [-0.1, -0.05) is 19.9 Å². The van der Waals surface area contributed by atoms with Crippen LogP contribution in [0.4, 0.5) is 0 Å². The molecule has 0 aliphatic rings. The lowest BCUT2D eigenvalue weighted by molar-refractivity contribution is 0.423. The lowest BCUT2D eigenvalue weighted by atomic mass is 10.1. The van der Waals surface area contributed by atoms with Gasteiger partial charge in [-0.3, -0.25) is 16.0 Å². The van der Waals surface area contributed by atoms with Crippen molar-refractivity contribution >= 4 is 11.3 Å². The minimum atomic E-state index is 0.144. The first-order chi connectivity index (χ1) is 9.28. The van der Waals surface area contributed by atoms with Gasteiger partial charge in [0.2, 0.25) is 0 Å². The van der Waals surface area contributed by atoms with Crippen LogP contribution in [0.3, 0.4) is 0 Å². The number of nitrogens with two attached hydrogens (primary N) is 1. The molecule has 19 heavy (non-hydrogen) atoms. The number of nitrogens with zero attached hydrogens (tertiary/aromatic N) is 2. The number of rotatable bonds is 7. The predicted octanol–water partition coefficient (Wildman–Crippen LogP) is 3.05. The Morgan fingerprint density at radius 1 is 1.37 bits per heavy atom. The summed E-state index contributed by atoms with van der Waals surface area (Å²) in [6.45, 7) is 4.40. The summed E-state index contributed by atoms with van der Waals surface area (Å²) in [5.74, 6) is 5.65. The number of hydrogen-bond donors (Lipinski definition) is 2. The molecular weight excluding hydrogens is 256 g/mol. The second kappa shape index (κ2) is 6.84. The van der Waals surface area contributed by atoms with Gasteiger partial charge in [0.1, 0.15) is 0 Å². The number of aromatic nitrogens is 2. The summed E-state index contributed by atoms with van der Waals surface area (Å²) >= 11 is 1.72. The highest BCUT2D eigenvalue weighted by molar-refractivity contribution is 7.10. The van der Waals surface area contributed by atoms with Gasteiger partial charge in [0.15, 0.2) is 0 Å². The summed E-state index contributed by atoms with van der Waals surface area (Å²) in [5.41, 5.74) is 3.97. The topological polar surface area (TPSA) is 55.9 Å². The van der Waals surface area contributed by atoms with E-state index in [1.165, 1.54) is 4.88 Å². The van der Waals surface area contributed by atoms with Crippen LogP contribution in [0.15, 0.2) is 29.8 Å². The van der Waals surface area contributed by atoms with Crippen LogP contribution in [0.2, 0.25) is 0 Å². The Kier molecular flexibility index (Phi) is 5.13. The van der Waals surface area contributed by atoms with Gasteiger partial charge in [-0.05, 0) is 30.4 Å². The van der Waals surface area contributed by atoms with Crippen LogP contribution >= 0.6 is 11.3 Å². The SMILES string of the molecule is CCC(CC)n1ccc(CC(NN)c2cccs2)n1. The molecule has 3 N–H and O–H groups in total. The fraction of sp³-hybridized carbons (Fsp3) is 0.500. The molecule has 0 saturated carbocycles. The van der Waals surface area contributed by atoms with Gasteiger partial charge in [-0.15, -0.1) is 11.3 Å². The molecule has 1 atom stereocenters. The Morgan fingerprint density at radius 3 is 2.74 bits per heavy atom. The Bertz CT molecular complexity index is 473. The molecule has 104 valence electrons. The molecule has 0 bridgehead atoms. The normalized spacial score (nSPS) is 13.1. The number of hydrogen-bond acceptors (Lipinski definition) is 4. The molecular formula is C14H22N4S. The van der Waals surface area contributed by atoms with E-state index < -0.39 is 0 Å². The summed E-state index contributed by atoms with van der Waals surface area (Å²) in [7, 11) is 0.